The molecule has 0 amide bonds. The Labute approximate surface area is 166 Å². The molecule has 27 heavy (non-hydrogen) atoms. The van der Waals surface area contributed by atoms with Gasteiger partial charge in [0.1, 0.15) is 11.8 Å². The predicted octanol–water partition coefficient (Wildman–Crippen LogP) is 4.50. The number of aromatic amines is 1. The summed E-state index contributed by atoms with van der Waals surface area (Å²) < 4.78 is 6.72. The number of halogens is 1. The Bertz CT molecular complexity index is 923. The van der Waals surface area contributed by atoms with Gasteiger partial charge in [0.2, 0.25) is 0 Å². The Morgan fingerprint density at radius 2 is 2.07 bits per heavy atom. The van der Waals surface area contributed by atoms with E-state index in [-0.39, 0.29) is 0 Å². The maximum absolute atomic E-state index is 11.8. The topological polar surface area (TPSA) is 74.3 Å². The Kier molecular flexibility index (Phi) is 6.53. The summed E-state index contributed by atoms with van der Waals surface area (Å²) in [7, 11) is 0. The molecule has 0 bridgehead atoms. The van der Waals surface area contributed by atoms with Crippen molar-refractivity contribution < 1.29 is 14.6 Å². The van der Waals surface area contributed by atoms with Crippen LogP contribution in [0.1, 0.15) is 24.5 Å². The van der Waals surface area contributed by atoms with Crippen LogP contribution in [0.25, 0.3) is 10.9 Å². The second kappa shape index (κ2) is 9.06. The average molecular weight is 431 g/mol. The summed E-state index contributed by atoms with van der Waals surface area (Å²) in [5.74, 6) is -0.0879. The summed E-state index contributed by atoms with van der Waals surface area (Å²) >= 11 is 3.47. The highest BCUT2D eigenvalue weighted by molar-refractivity contribution is 9.10. The fourth-order valence-corrected chi connectivity index (χ4v) is 3.45. The minimum Gasteiger partial charge on any atom is -0.493 e. The van der Waals surface area contributed by atoms with Crippen molar-refractivity contribution in [3.05, 3.63) is 64.3 Å². The molecule has 6 heteroatoms. The summed E-state index contributed by atoms with van der Waals surface area (Å²) in [5, 5.41) is 13.9. The number of aromatic nitrogens is 1. The highest BCUT2D eigenvalue weighted by Gasteiger charge is 2.20. The molecule has 0 aliphatic rings. The second-order valence-electron chi connectivity index (χ2n) is 6.44. The number of aliphatic carboxylic acids is 1. The zero-order valence-corrected chi connectivity index (χ0v) is 16.8. The van der Waals surface area contributed by atoms with Gasteiger partial charge < -0.3 is 14.8 Å². The number of nitrogens with one attached hydrogen (secondary N) is 2. The van der Waals surface area contributed by atoms with Gasteiger partial charge in [0.25, 0.3) is 0 Å². The lowest BCUT2D eigenvalue weighted by Crippen LogP contribution is -2.38. The number of carboxylic acid groups (broad SMARTS) is 1. The minimum absolute atomic E-state index is 0.401. The molecule has 0 aliphatic carbocycles. The first-order valence-electron chi connectivity index (χ1n) is 9.01. The van der Waals surface area contributed by atoms with Crippen molar-refractivity contribution in [3.63, 3.8) is 0 Å². The van der Waals surface area contributed by atoms with E-state index in [0.717, 1.165) is 38.7 Å². The monoisotopic (exact) mass is 430 g/mol. The van der Waals surface area contributed by atoms with Crippen molar-refractivity contribution in [2.24, 2.45) is 0 Å². The van der Waals surface area contributed by atoms with Crippen LogP contribution < -0.4 is 10.1 Å². The predicted molar refractivity (Wildman–Crippen MR) is 110 cm³/mol. The number of hydrogen-bond donors (Lipinski definition) is 3. The largest absolute Gasteiger partial charge is 0.493 e. The molecule has 0 radical (unpaired) electrons. The lowest BCUT2D eigenvalue weighted by atomic mass is 10.0. The van der Waals surface area contributed by atoms with E-state index < -0.39 is 12.0 Å². The molecule has 0 saturated heterocycles. The van der Waals surface area contributed by atoms with Gasteiger partial charge in [-0.15, -0.1) is 0 Å². The number of rotatable bonds is 9. The molecule has 5 nitrogen and oxygen atoms in total. The quantitative estimate of drug-likeness (QED) is 0.466. The number of ether oxygens (including phenoxy) is 1. The molecule has 2 aromatic carbocycles. The zero-order valence-electron chi connectivity index (χ0n) is 15.2. The van der Waals surface area contributed by atoms with E-state index in [1.807, 2.05) is 48.7 Å². The lowest BCUT2D eigenvalue weighted by molar-refractivity contribution is -0.139. The second-order valence-corrected chi connectivity index (χ2v) is 7.35. The number of benzene rings is 2. The third-order valence-electron chi connectivity index (χ3n) is 4.42. The van der Waals surface area contributed by atoms with E-state index in [9.17, 15) is 9.90 Å². The van der Waals surface area contributed by atoms with Crippen molar-refractivity contribution in [2.45, 2.75) is 32.4 Å². The van der Waals surface area contributed by atoms with E-state index in [2.05, 4.69) is 33.2 Å². The van der Waals surface area contributed by atoms with Crippen molar-refractivity contribution in [3.8, 4) is 5.75 Å². The third-order valence-corrected chi connectivity index (χ3v) is 4.91. The standard InChI is InChI=1S/C21H23BrN2O3/c1-2-9-27-20-8-7-16(22)10-15(20)13-24-19(21(25)26)11-14-12-23-18-6-4-3-5-17(14)18/h3-8,10,12,19,23-24H,2,9,11,13H2,1H3,(H,25,26)/t19-/m0/s1. The van der Waals surface area contributed by atoms with Crippen LogP contribution in [0.2, 0.25) is 0 Å². The van der Waals surface area contributed by atoms with Gasteiger partial charge in [0, 0.05) is 40.1 Å². The molecule has 0 saturated carbocycles. The van der Waals surface area contributed by atoms with Gasteiger partial charge in [-0.3, -0.25) is 10.1 Å². The van der Waals surface area contributed by atoms with Gasteiger partial charge >= 0.3 is 5.97 Å². The smallest absolute Gasteiger partial charge is 0.321 e. The molecule has 0 unspecified atom stereocenters. The number of hydrogen-bond acceptors (Lipinski definition) is 3. The molecule has 0 fully saturated rings. The molecule has 0 aliphatic heterocycles. The molecule has 0 spiro atoms. The minimum atomic E-state index is -0.869. The van der Waals surface area contributed by atoms with Gasteiger partial charge in [-0.2, -0.15) is 0 Å². The summed E-state index contributed by atoms with van der Waals surface area (Å²) in [4.78, 5) is 15.0. The Morgan fingerprint density at radius 1 is 1.26 bits per heavy atom. The number of fused-ring (bicyclic) bond motifs is 1. The molecule has 3 rings (SSSR count). The Balaban J connectivity index is 1.74. The van der Waals surface area contributed by atoms with E-state index in [4.69, 9.17) is 4.74 Å². The molecular formula is C21H23BrN2O3. The zero-order chi connectivity index (χ0) is 19.2. The molecule has 1 aromatic heterocycles. The summed E-state index contributed by atoms with van der Waals surface area (Å²) in [6, 6.07) is 13.0. The van der Waals surface area contributed by atoms with Crippen molar-refractivity contribution in [1.82, 2.24) is 10.3 Å². The van der Waals surface area contributed by atoms with E-state index >= 15 is 0 Å². The summed E-state index contributed by atoms with van der Waals surface area (Å²) in [6.45, 7) is 3.10. The fourth-order valence-electron chi connectivity index (χ4n) is 3.04. The number of para-hydroxylation sites is 1. The van der Waals surface area contributed by atoms with Crippen LogP contribution in [0.3, 0.4) is 0 Å². The van der Waals surface area contributed by atoms with E-state index in [0.29, 0.717) is 19.6 Å². The van der Waals surface area contributed by atoms with E-state index in [1.54, 1.807) is 0 Å². The Hall–Kier alpha value is -2.31. The SMILES string of the molecule is CCCOc1ccc(Br)cc1CN[C@@H](Cc1c[nH]c2ccccc12)C(=O)O. The van der Waals surface area contributed by atoms with Crippen LogP contribution in [-0.4, -0.2) is 28.7 Å². The van der Waals surface area contributed by atoms with E-state index in [1.165, 1.54) is 0 Å². The molecular weight excluding hydrogens is 408 g/mol. The van der Waals surface area contributed by atoms with Crippen LogP contribution in [0.4, 0.5) is 0 Å². The van der Waals surface area contributed by atoms with Gasteiger partial charge in [0.15, 0.2) is 0 Å². The van der Waals surface area contributed by atoms with Crippen molar-refractivity contribution in [2.75, 3.05) is 6.61 Å². The first-order chi connectivity index (χ1) is 13.1. The first-order valence-corrected chi connectivity index (χ1v) is 9.80. The van der Waals surface area contributed by atoms with Gasteiger partial charge in [-0.25, -0.2) is 0 Å². The Morgan fingerprint density at radius 3 is 2.85 bits per heavy atom. The molecule has 3 aromatic rings. The van der Waals surface area contributed by atoms with Crippen molar-refractivity contribution >= 4 is 32.8 Å². The molecule has 142 valence electrons. The average Bonchev–Trinajstić information content (AvgIpc) is 3.07. The number of carboxylic acids is 1. The van der Waals surface area contributed by atoms with Crippen LogP contribution in [0.5, 0.6) is 5.75 Å². The normalized spacial score (nSPS) is 12.2. The van der Waals surface area contributed by atoms with Crippen LogP contribution in [-0.2, 0) is 17.8 Å². The molecule has 1 heterocycles. The van der Waals surface area contributed by atoms with Gasteiger partial charge in [0.05, 0.1) is 6.61 Å². The third kappa shape index (κ3) is 4.90. The van der Waals surface area contributed by atoms with Gasteiger partial charge in [-0.1, -0.05) is 41.1 Å². The molecule has 3 N–H and O–H groups in total. The van der Waals surface area contributed by atoms with Gasteiger partial charge in [-0.05, 0) is 36.2 Å². The number of H-pyrrole nitrogens is 1. The maximum atomic E-state index is 11.8. The fraction of sp³-hybridized carbons (Fsp3) is 0.286. The summed E-state index contributed by atoms with van der Waals surface area (Å²) in [5.41, 5.74) is 2.93. The van der Waals surface area contributed by atoms with Crippen LogP contribution in [0, 0.1) is 0 Å². The highest BCUT2D eigenvalue weighted by Crippen LogP contribution is 2.24. The van der Waals surface area contributed by atoms with Crippen LogP contribution in [0.15, 0.2) is 53.1 Å². The lowest BCUT2D eigenvalue weighted by Gasteiger charge is -2.17. The highest BCUT2D eigenvalue weighted by atomic mass is 79.9. The first kappa shape index (κ1) is 19.5. The van der Waals surface area contributed by atoms with Crippen LogP contribution >= 0.6 is 15.9 Å². The van der Waals surface area contributed by atoms with Crippen molar-refractivity contribution in [1.29, 1.82) is 0 Å². The molecule has 1 atom stereocenters. The maximum Gasteiger partial charge on any atom is 0.321 e. The number of carbonyl (C=O) groups is 1. The summed E-state index contributed by atoms with van der Waals surface area (Å²) in [6.07, 6.45) is 3.21.